The van der Waals surface area contributed by atoms with E-state index in [4.69, 9.17) is 0 Å². The van der Waals surface area contributed by atoms with Gasteiger partial charge in [0.1, 0.15) is 10.0 Å². The van der Waals surface area contributed by atoms with Gasteiger partial charge in [-0.3, -0.25) is 4.72 Å². The summed E-state index contributed by atoms with van der Waals surface area (Å²) in [5, 5.41) is 1.67. The molecule has 1 aromatic carbocycles. The van der Waals surface area contributed by atoms with Crippen LogP contribution in [0.4, 0.5) is 10.1 Å². The van der Waals surface area contributed by atoms with Crippen LogP contribution in [0, 0.1) is 5.82 Å². The lowest BCUT2D eigenvalue weighted by atomic mass is 10.3. The number of sulfonamides is 1. The lowest BCUT2D eigenvalue weighted by Crippen LogP contribution is -2.11. The highest BCUT2D eigenvalue weighted by molar-refractivity contribution is 7.94. The van der Waals surface area contributed by atoms with Gasteiger partial charge in [-0.1, -0.05) is 12.1 Å². The van der Waals surface area contributed by atoms with Crippen LogP contribution in [0.1, 0.15) is 0 Å². The summed E-state index contributed by atoms with van der Waals surface area (Å²) in [6.45, 7) is 0. The molecule has 0 radical (unpaired) electrons. The van der Waals surface area contributed by atoms with Gasteiger partial charge < -0.3 is 0 Å². The Hall–Kier alpha value is -1.40. The normalized spacial score (nSPS) is 11.3. The zero-order valence-electron chi connectivity index (χ0n) is 8.05. The van der Waals surface area contributed by atoms with Gasteiger partial charge in [0.25, 0.3) is 10.0 Å². The third kappa shape index (κ3) is 2.40. The molecule has 0 amide bonds. The summed E-state index contributed by atoms with van der Waals surface area (Å²) in [7, 11) is -3.58. The SMILES string of the molecule is O=S(=O)(Nc1cccc(F)c1)c1cccs1. The van der Waals surface area contributed by atoms with Crippen LogP contribution in [-0.2, 0) is 10.0 Å². The van der Waals surface area contributed by atoms with E-state index in [1.807, 2.05) is 0 Å². The van der Waals surface area contributed by atoms with Crippen molar-refractivity contribution in [2.45, 2.75) is 4.21 Å². The maximum absolute atomic E-state index is 12.9. The minimum atomic E-state index is -3.58. The molecule has 0 bridgehead atoms. The predicted octanol–water partition coefficient (Wildman–Crippen LogP) is 2.69. The van der Waals surface area contributed by atoms with Gasteiger partial charge in [-0.25, -0.2) is 12.8 Å². The number of thiophene rings is 1. The molecule has 0 saturated heterocycles. The zero-order valence-corrected chi connectivity index (χ0v) is 9.69. The highest BCUT2D eigenvalue weighted by Crippen LogP contribution is 2.20. The van der Waals surface area contributed by atoms with Crippen molar-refractivity contribution in [2.75, 3.05) is 4.72 Å². The highest BCUT2D eigenvalue weighted by atomic mass is 32.2. The van der Waals surface area contributed by atoms with Gasteiger partial charge >= 0.3 is 0 Å². The minimum absolute atomic E-state index is 0.205. The molecule has 0 aliphatic heterocycles. The number of nitrogens with one attached hydrogen (secondary N) is 1. The Morgan fingerprint density at radius 3 is 2.62 bits per heavy atom. The topological polar surface area (TPSA) is 46.2 Å². The summed E-state index contributed by atoms with van der Waals surface area (Å²) in [5.74, 6) is -0.480. The van der Waals surface area contributed by atoms with Crippen molar-refractivity contribution in [1.29, 1.82) is 0 Å². The standard InChI is InChI=1S/C10H8FNO2S2/c11-8-3-1-4-9(7-8)12-16(13,14)10-5-2-6-15-10/h1-7,12H. The fraction of sp³-hybridized carbons (Fsp3) is 0. The number of benzene rings is 1. The molecular weight excluding hydrogens is 249 g/mol. The molecule has 0 aliphatic rings. The second-order valence-corrected chi connectivity index (χ2v) is 5.90. The first-order valence-electron chi connectivity index (χ1n) is 4.40. The Morgan fingerprint density at radius 2 is 2.00 bits per heavy atom. The Labute approximate surface area is 96.6 Å². The Bertz CT molecular complexity index is 579. The summed E-state index contributed by atoms with van der Waals surface area (Å²) in [4.78, 5) is 0. The molecule has 16 heavy (non-hydrogen) atoms. The Morgan fingerprint density at radius 1 is 1.19 bits per heavy atom. The second-order valence-electron chi connectivity index (χ2n) is 3.05. The van der Waals surface area contributed by atoms with E-state index in [2.05, 4.69) is 4.72 Å². The van der Waals surface area contributed by atoms with E-state index in [1.54, 1.807) is 11.4 Å². The molecule has 0 unspecified atom stereocenters. The van der Waals surface area contributed by atoms with Crippen LogP contribution in [0.3, 0.4) is 0 Å². The predicted molar refractivity (Wildman–Crippen MR) is 61.5 cm³/mol. The van der Waals surface area contributed by atoms with E-state index in [-0.39, 0.29) is 9.90 Å². The van der Waals surface area contributed by atoms with Crippen LogP contribution in [0.25, 0.3) is 0 Å². The maximum atomic E-state index is 12.9. The molecule has 0 aliphatic carbocycles. The van der Waals surface area contributed by atoms with E-state index >= 15 is 0 Å². The largest absolute Gasteiger partial charge is 0.279 e. The number of anilines is 1. The first kappa shape index (κ1) is 11.1. The molecule has 1 N–H and O–H groups in total. The zero-order chi connectivity index (χ0) is 11.6. The van der Waals surface area contributed by atoms with Gasteiger partial charge in [0.15, 0.2) is 0 Å². The molecule has 0 spiro atoms. The fourth-order valence-corrected chi connectivity index (χ4v) is 3.22. The van der Waals surface area contributed by atoms with Gasteiger partial charge in [0.05, 0.1) is 5.69 Å². The highest BCUT2D eigenvalue weighted by Gasteiger charge is 2.14. The van der Waals surface area contributed by atoms with Crippen molar-refractivity contribution in [3.8, 4) is 0 Å². The van der Waals surface area contributed by atoms with Crippen molar-refractivity contribution in [3.05, 3.63) is 47.6 Å². The van der Waals surface area contributed by atoms with Crippen LogP contribution in [0.5, 0.6) is 0 Å². The van der Waals surface area contributed by atoms with E-state index in [9.17, 15) is 12.8 Å². The average molecular weight is 257 g/mol. The third-order valence-electron chi connectivity index (χ3n) is 1.84. The van der Waals surface area contributed by atoms with Gasteiger partial charge in [0.2, 0.25) is 0 Å². The monoisotopic (exact) mass is 257 g/mol. The van der Waals surface area contributed by atoms with Gasteiger partial charge in [-0.05, 0) is 29.6 Å². The second kappa shape index (κ2) is 4.23. The van der Waals surface area contributed by atoms with E-state index in [0.29, 0.717) is 0 Å². The molecule has 1 heterocycles. The summed E-state index contributed by atoms with van der Waals surface area (Å²) in [5.41, 5.74) is 0.216. The first-order chi connectivity index (χ1) is 7.58. The van der Waals surface area contributed by atoms with Crippen molar-refractivity contribution in [2.24, 2.45) is 0 Å². The Kier molecular flexibility index (Phi) is 2.93. The van der Waals surface area contributed by atoms with Crippen LogP contribution in [0.15, 0.2) is 46.0 Å². The summed E-state index contributed by atoms with van der Waals surface area (Å²) >= 11 is 1.11. The minimum Gasteiger partial charge on any atom is -0.279 e. The maximum Gasteiger partial charge on any atom is 0.271 e. The number of rotatable bonds is 3. The lowest BCUT2D eigenvalue weighted by molar-refractivity contribution is 0.603. The fourth-order valence-electron chi connectivity index (χ4n) is 1.17. The summed E-state index contributed by atoms with van der Waals surface area (Å²) in [6.07, 6.45) is 0. The molecule has 0 saturated carbocycles. The lowest BCUT2D eigenvalue weighted by Gasteiger charge is -2.05. The Balaban J connectivity index is 2.29. The van der Waals surface area contributed by atoms with Gasteiger partial charge in [-0.2, -0.15) is 0 Å². The quantitative estimate of drug-likeness (QED) is 0.919. The number of hydrogen-bond donors (Lipinski definition) is 1. The van der Waals surface area contributed by atoms with Gasteiger partial charge in [-0.15, -0.1) is 11.3 Å². The van der Waals surface area contributed by atoms with Gasteiger partial charge in [0, 0.05) is 0 Å². The smallest absolute Gasteiger partial charge is 0.271 e. The molecular formula is C10H8FNO2S2. The van der Waals surface area contributed by atoms with Crippen molar-refractivity contribution in [3.63, 3.8) is 0 Å². The van der Waals surface area contributed by atoms with Crippen LogP contribution < -0.4 is 4.72 Å². The van der Waals surface area contributed by atoms with Crippen molar-refractivity contribution >= 4 is 27.0 Å². The molecule has 1 aromatic heterocycles. The van der Waals surface area contributed by atoms with Crippen molar-refractivity contribution < 1.29 is 12.8 Å². The molecule has 0 atom stereocenters. The number of halogens is 1. The number of hydrogen-bond acceptors (Lipinski definition) is 3. The summed E-state index contributed by atoms with van der Waals surface area (Å²) in [6, 6.07) is 8.46. The van der Waals surface area contributed by atoms with Crippen LogP contribution >= 0.6 is 11.3 Å². The summed E-state index contributed by atoms with van der Waals surface area (Å²) < 4.78 is 38.9. The molecule has 3 nitrogen and oxygen atoms in total. The van der Waals surface area contributed by atoms with Crippen LogP contribution in [0.2, 0.25) is 0 Å². The van der Waals surface area contributed by atoms with Crippen LogP contribution in [-0.4, -0.2) is 8.42 Å². The third-order valence-corrected chi connectivity index (χ3v) is 4.62. The average Bonchev–Trinajstić information content (AvgIpc) is 2.69. The van der Waals surface area contributed by atoms with E-state index in [0.717, 1.165) is 17.4 Å². The molecule has 84 valence electrons. The molecule has 6 heteroatoms. The van der Waals surface area contributed by atoms with E-state index < -0.39 is 15.8 Å². The molecule has 2 aromatic rings. The first-order valence-corrected chi connectivity index (χ1v) is 6.76. The van der Waals surface area contributed by atoms with Crippen molar-refractivity contribution in [1.82, 2.24) is 0 Å². The molecule has 0 fully saturated rings. The van der Waals surface area contributed by atoms with E-state index in [1.165, 1.54) is 24.3 Å². The molecule has 2 rings (SSSR count).